The van der Waals surface area contributed by atoms with E-state index in [1.54, 1.807) is 28.4 Å². The van der Waals surface area contributed by atoms with Crippen molar-refractivity contribution in [2.75, 3.05) is 26.2 Å². The second-order valence-corrected chi connectivity index (χ2v) is 10.2. The van der Waals surface area contributed by atoms with Crippen LogP contribution in [0.15, 0.2) is 46.7 Å². The first-order valence-electron chi connectivity index (χ1n) is 10.0. The van der Waals surface area contributed by atoms with Gasteiger partial charge in [-0.15, -0.1) is 11.3 Å². The summed E-state index contributed by atoms with van der Waals surface area (Å²) in [6.45, 7) is 3.74. The maximum Gasteiger partial charge on any atom is 0.253 e. The fraction of sp³-hybridized carbons (Fsp3) is 0.429. The number of benzene rings is 1. The molecule has 1 aliphatic heterocycles. The number of carbonyl (C=O) groups excluding carboxylic acids is 2. The molecule has 0 unspecified atom stereocenters. The average Bonchev–Trinajstić information content (AvgIpc) is 3.25. The minimum absolute atomic E-state index is 0.0374. The van der Waals surface area contributed by atoms with E-state index in [2.05, 4.69) is 10.0 Å². The minimum atomic E-state index is -3.61. The van der Waals surface area contributed by atoms with Crippen LogP contribution in [0.1, 0.15) is 35.0 Å². The number of amides is 2. The molecule has 30 heavy (non-hydrogen) atoms. The number of hydrogen-bond donors (Lipinski definition) is 2. The van der Waals surface area contributed by atoms with Gasteiger partial charge in [0, 0.05) is 43.5 Å². The Morgan fingerprint density at radius 3 is 2.43 bits per heavy atom. The molecule has 1 aromatic carbocycles. The minimum Gasteiger partial charge on any atom is -0.356 e. The first kappa shape index (κ1) is 22.5. The lowest BCUT2D eigenvalue weighted by Gasteiger charge is -2.32. The lowest BCUT2D eigenvalue weighted by atomic mass is 9.96. The largest absolute Gasteiger partial charge is 0.356 e. The number of rotatable bonds is 8. The lowest BCUT2D eigenvalue weighted by Crippen LogP contribution is -2.41. The molecule has 2 heterocycles. The van der Waals surface area contributed by atoms with Crippen LogP contribution in [0.4, 0.5) is 0 Å². The Hall–Kier alpha value is -2.23. The first-order chi connectivity index (χ1) is 14.3. The van der Waals surface area contributed by atoms with Crippen molar-refractivity contribution < 1.29 is 18.0 Å². The molecule has 2 amide bonds. The third-order valence-corrected chi connectivity index (χ3v) is 7.61. The Bertz CT molecular complexity index is 949. The van der Waals surface area contributed by atoms with Crippen LogP contribution in [0, 0.1) is 5.92 Å². The zero-order valence-corrected chi connectivity index (χ0v) is 18.6. The second kappa shape index (κ2) is 10.2. The number of thiophene rings is 1. The maximum absolute atomic E-state index is 12.7. The molecule has 1 aliphatic rings. The van der Waals surface area contributed by atoms with E-state index in [1.807, 2.05) is 17.5 Å². The summed E-state index contributed by atoms with van der Waals surface area (Å²) in [4.78, 5) is 26.8. The van der Waals surface area contributed by atoms with Crippen molar-refractivity contribution in [1.82, 2.24) is 14.9 Å². The van der Waals surface area contributed by atoms with E-state index >= 15 is 0 Å². The molecule has 0 saturated carbocycles. The zero-order valence-electron chi connectivity index (χ0n) is 17.0. The summed E-state index contributed by atoms with van der Waals surface area (Å²) in [6, 6.07) is 10.0. The number of carbonyl (C=O) groups is 2. The lowest BCUT2D eigenvalue weighted by molar-refractivity contribution is -0.119. The standard InChI is InChI=1S/C21H27N3O4S2/c1-16(25)22-15-17-9-12-24(13-10-17)21(26)18-4-6-20(7-5-18)30(27,28)23-11-8-19-3-2-14-29-19/h2-7,14,17,23H,8-13,15H2,1H3,(H,22,25). The van der Waals surface area contributed by atoms with Crippen molar-refractivity contribution in [2.24, 2.45) is 5.92 Å². The van der Waals surface area contributed by atoms with E-state index in [9.17, 15) is 18.0 Å². The average molecular weight is 450 g/mol. The molecule has 2 aromatic rings. The van der Waals surface area contributed by atoms with Crippen LogP contribution >= 0.6 is 11.3 Å². The van der Waals surface area contributed by atoms with Crippen LogP contribution in [-0.2, 0) is 21.2 Å². The Kier molecular flexibility index (Phi) is 7.63. The van der Waals surface area contributed by atoms with Gasteiger partial charge in [-0.25, -0.2) is 13.1 Å². The van der Waals surface area contributed by atoms with Gasteiger partial charge < -0.3 is 10.2 Å². The second-order valence-electron chi connectivity index (χ2n) is 7.42. The van der Waals surface area contributed by atoms with Gasteiger partial charge >= 0.3 is 0 Å². The third-order valence-electron chi connectivity index (χ3n) is 5.20. The summed E-state index contributed by atoms with van der Waals surface area (Å²) in [5.74, 6) is 0.248. The highest BCUT2D eigenvalue weighted by Crippen LogP contribution is 2.19. The molecule has 0 atom stereocenters. The van der Waals surface area contributed by atoms with Gasteiger partial charge in [0.05, 0.1) is 4.90 Å². The highest BCUT2D eigenvalue weighted by Gasteiger charge is 2.24. The van der Waals surface area contributed by atoms with Crippen molar-refractivity contribution in [3.05, 3.63) is 52.2 Å². The molecule has 0 radical (unpaired) electrons. The number of likely N-dealkylation sites (tertiary alicyclic amines) is 1. The number of hydrogen-bond acceptors (Lipinski definition) is 5. The van der Waals surface area contributed by atoms with Gasteiger partial charge in [0.25, 0.3) is 5.91 Å². The Morgan fingerprint density at radius 2 is 1.83 bits per heavy atom. The van der Waals surface area contributed by atoms with Gasteiger partial charge in [-0.2, -0.15) is 0 Å². The number of nitrogens with zero attached hydrogens (tertiary/aromatic N) is 1. The van der Waals surface area contributed by atoms with Gasteiger partial charge in [0.1, 0.15) is 0 Å². The molecule has 7 nitrogen and oxygen atoms in total. The molecule has 0 aliphatic carbocycles. The fourth-order valence-electron chi connectivity index (χ4n) is 3.43. The molecule has 0 spiro atoms. The molecule has 2 N–H and O–H groups in total. The van der Waals surface area contributed by atoms with E-state index in [0.717, 1.165) is 17.7 Å². The summed E-state index contributed by atoms with van der Waals surface area (Å²) < 4.78 is 27.5. The molecule has 1 aromatic heterocycles. The Balaban J connectivity index is 1.52. The fourth-order valence-corrected chi connectivity index (χ4v) is 5.18. The smallest absolute Gasteiger partial charge is 0.253 e. The summed E-state index contributed by atoms with van der Waals surface area (Å²) in [5, 5.41) is 4.79. The molecule has 1 saturated heterocycles. The van der Waals surface area contributed by atoms with Crippen LogP contribution in [-0.4, -0.2) is 51.3 Å². The highest BCUT2D eigenvalue weighted by molar-refractivity contribution is 7.89. The summed E-state index contributed by atoms with van der Waals surface area (Å²) in [6.07, 6.45) is 2.32. The van der Waals surface area contributed by atoms with Crippen molar-refractivity contribution in [1.29, 1.82) is 0 Å². The molecule has 0 bridgehead atoms. The van der Waals surface area contributed by atoms with E-state index in [0.29, 0.717) is 44.1 Å². The molecule has 3 rings (SSSR count). The van der Waals surface area contributed by atoms with E-state index < -0.39 is 10.0 Å². The Labute approximate surface area is 181 Å². The van der Waals surface area contributed by atoms with Crippen LogP contribution < -0.4 is 10.0 Å². The maximum atomic E-state index is 12.7. The number of nitrogens with one attached hydrogen (secondary N) is 2. The molecule has 162 valence electrons. The van der Waals surface area contributed by atoms with Crippen molar-refractivity contribution in [2.45, 2.75) is 31.1 Å². The quantitative estimate of drug-likeness (QED) is 0.646. The predicted octanol–water partition coefficient (Wildman–Crippen LogP) is 2.26. The van der Waals surface area contributed by atoms with Gasteiger partial charge in [-0.1, -0.05) is 6.07 Å². The molecular weight excluding hydrogens is 422 g/mol. The summed E-state index contributed by atoms with van der Waals surface area (Å²) in [7, 11) is -3.61. The SMILES string of the molecule is CC(=O)NCC1CCN(C(=O)c2ccc(S(=O)(=O)NCCc3cccs3)cc2)CC1. The summed E-state index contributed by atoms with van der Waals surface area (Å²) >= 11 is 1.60. The van der Waals surface area contributed by atoms with E-state index in [4.69, 9.17) is 0 Å². The van der Waals surface area contributed by atoms with Crippen LogP contribution in [0.3, 0.4) is 0 Å². The summed E-state index contributed by atoms with van der Waals surface area (Å²) in [5.41, 5.74) is 0.479. The molecule has 9 heteroatoms. The predicted molar refractivity (Wildman–Crippen MR) is 117 cm³/mol. The first-order valence-corrected chi connectivity index (χ1v) is 12.4. The van der Waals surface area contributed by atoms with E-state index in [1.165, 1.54) is 19.1 Å². The topological polar surface area (TPSA) is 95.6 Å². The monoisotopic (exact) mass is 449 g/mol. The molecular formula is C21H27N3O4S2. The zero-order chi connectivity index (χ0) is 21.6. The van der Waals surface area contributed by atoms with Gasteiger partial charge in [-0.05, 0) is 60.9 Å². The Morgan fingerprint density at radius 1 is 1.13 bits per heavy atom. The number of piperidine rings is 1. The van der Waals surface area contributed by atoms with Gasteiger partial charge in [0.15, 0.2) is 0 Å². The van der Waals surface area contributed by atoms with Gasteiger partial charge in [0.2, 0.25) is 15.9 Å². The van der Waals surface area contributed by atoms with Crippen molar-refractivity contribution in [3.8, 4) is 0 Å². The molecule has 1 fully saturated rings. The van der Waals surface area contributed by atoms with Gasteiger partial charge in [-0.3, -0.25) is 9.59 Å². The van der Waals surface area contributed by atoms with Crippen LogP contribution in [0.2, 0.25) is 0 Å². The van der Waals surface area contributed by atoms with Crippen LogP contribution in [0.5, 0.6) is 0 Å². The van der Waals surface area contributed by atoms with Crippen molar-refractivity contribution in [3.63, 3.8) is 0 Å². The number of sulfonamides is 1. The van der Waals surface area contributed by atoms with Crippen molar-refractivity contribution >= 4 is 33.2 Å². The van der Waals surface area contributed by atoms with E-state index in [-0.39, 0.29) is 16.7 Å². The van der Waals surface area contributed by atoms with Crippen LogP contribution in [0.25, 0.3) is 0 Å². The normalized spacial score (nSPS) is 15.2. The third kappa shape index (κ3) is 6.13. The highest BCUT2D eigenvalue weighted by atomic mass is 32.2.